The number of H-pyrrole nitrogens is 1. The summed E-state index contributed by atoms with van der Waals surface area (Å²) in [6.07, 6.45) is 2.88. The summed E-state index contributed by atoms with van der Waals surface area (Å²) in [6.45, 7) is 0.865. The van der Waals surface area contributed by atoms with Crippen molar-refractivity contribution in [2.45, 2.75) is 12.8 Å². The zero-order chi connectivity index (χ0) is 12.4. The molecule has 1 unspecified atom stereocenters. The van der Waals surface area contributed by atoms with E-state index in [4.69, 9.17) is 16.7 Å². The van der Waals surface area contributed by atoms with Crippen LogP contribution >= 0.6 is 11.6 Å². The van der Waals surface area contributed by atoms with E-state index in [1.165, 1.54) is 6.20 Å². The Hall–Kier alpha value is -1.49. The van der Waals surface area contributed by atoms with Crippen molar-refractivity contribution >= 4 is 23.5 Å². The van der Waals surface area contributed by atoms with Crippen molar-refractivity contribution in [3.8, 4) is 0 Å². The molecule has 0 aliphatic carbocycles. The van der Waals surface area contributed by atoms with Crippen molar-refractivity contribution in [3.63, 3.8) is 0 Å². The van der Waals surface area contributed by atoms with Gasteiger partial charge in [-0.25, -0.2) is 0 Å². The van der Waals surface area contributed by atoms with Crippen LogP contribution in [0.5, 0.6) is 0 Å². The van der Waals surface area contributed by atoms with Crippen LogP contribution in [-0.2, 0) is 4.79 Å². The number of halogens is 1. The Morgan fingerprint density at radius 2 is 2.29 bits per heavy atom. The van der Waals surface area contributed by atoms with Crippen LogP contribution in [0.25, 0.3) is 0 Å². The molecule has 5 nitrogen and oxygen atoms in total. The number of carboxylic acids is 1. The Labute approximate surface area is 103 Å². The molecule has 0 spiro atoms. The SMILES string of the molecule is O=C(O)C1CCCN(C(=O)c2cc(Cl)c[nH]2)C1. The van der Waals surface area contributed by atoms with E-state index in [-0.39, 0.29) is 12.5 Å². The smallest absolute Gasteiger partial charge is 0.308 e. The first-order valence-electron chi connectivity index (χ1n) is 5.44. The van der Waals surface area contributed by atoms with Gasteiger partial charge in [-0.2, -0.15) is 0 Å². The van der Waals surface area contributed by atoms with Crippen LogP contribution in [0.4, 0.5) is 0 Å². The summed E-state index contributed by atoms with van der Waals surface area (Å²) < 4.78 is 0. The summed E-state index contributed by atoms with van der Waals surface area (Å²) in [5, 5.41) is 9.42. The average molecular weight is 257 g/mol. The molecule has 1 aliphatic rings. The zero-order valence-corrected chi connectivity index (χ0v) is 9.91. The molecule has 2 N–H and O–H groups in total. The van der Waals surface area contributed by atoms with Crippen LogP contribution in [0.15, 0.2) is 12.3 Å². The maximum atomic E-state index is 12.0. The topological polar surface area (TPSA) is 73.4 Å². The number of rotatable bonds is 2. The summed E-state index contributed by atoms with van der Waals surface area (Å²) >= 11 is 5.73. The van der Waals surface area contributed by atoms with Crippen molar-refractivity contribution < 1.29 is 14.7 Å². The lowest BCUT2D eigenvalue weighted by atomic mass is 9.98. The predicted octanol–water partition coefficient (Wildman–Crippen LogP) is 1.60. The zero-order valence-electron chi connectivity index (χ0n) is 9.15. The second-order valence-corrected chi connectivity index (χ2v) is 4.60. The number of nitrogens with zero attached hydrogens (tertiary/aromatic N) is 1. The van der Waals surface area contributed by atoms with Crippen molar-refractivity contribution in [2.75, 3.05) is 13.1 Å². The minimum Gasteiger partial charge on any atom is -0.481 e. The van der Waals surface area contributed by atoms with Gasteiger partial charge in [-0.05, 0) is 18.9 Å². The van der Waals surface area contributed by atoms with Gasteiger partial charge in [-0.1, -0.05) is 11.6 Å². The van der Waals surface area contributed by atoms with Gasteiger partial charge in [0.1, 0.15) is 5.69 Å². The quantitative estimate of drug-likeness (QED) is 0.844. The highest BCUT2D eigenvalue weighted by molar-refractivity contribution is 6.30. The molecular formula is C11H13ClN2O3. The van der Waals surface area contributed by atoms with E-state index in [2.05, 4.69) is 4.98 Å². The monoisotopic (exact) mass is 256 g/mol. The highest BCUT2D eigenvalue weighted by Crippen LogP contribution is 2.19. The molecule has 0 radical (unpaired) electrons. The molecule has 6 heteroatoms. The fourth-order valence-electron chi connectivity index (χ4n) is 2.02. The minimum absolute atomic E-state index is 0.192. The fraction of sp³-hybridized carbons (Fsp3) is 0.455. The van der Waals surface area contributed by atoms with E-state index in [9.17, 15) is 9.59 Å². The molecule has 1 amide bonds. The molecule has 92 valence electrons. The van der Waals surface area contributed by atoms with Gasteiger partial charge >= 0.3 is 5.97 Å². The van der Waals surface area contributed by atoms with E-state index in [0.717, 1.165) is 6.42 Å². The molecule has 0 bridgehead atoms. The molecule has 1 fully saturated rings. The Morgan fingerprint density at radius 1 is 1.53 bits per heavy atom. The van der Waals surface area contributed by atoms with Crippen LogP contribution in [0.2, 0.25) is 5.02 Å². The van der Waals surface area contributed by atoms with Crippen LogP contribution in [-0.4, -0.2) is 40.0 Å². The number of likely N-dealkylation sites (tertiary alicyclic amines) is 1. The molecule has 1 saturated heterocycles. The highest BCUT2D eigenvalue weighted by Gasteiger charge is 2.29. The fourth-order valence-corrected chi connectivity index (χ4v) is 2.19. The standard InChI is InChI=1S/C11H13ClN2O3/c12-8-4-9(13-5-8)10(15)14-3-1-2-7(6-14)11(16)17/h4-5,7,13H,1-3,6H2,(H,16,17). The molecule has 1 aromatic rings. The van der Waals surface area contributed by atoms with Gasteiger partial charge in [0, 0.05) is 19.3 Å². The van der Waals surface area contributed by atoms with Crippen LogP contribution in [0.1, 0.15) is 23.3 Å². The average Bonchev–Trinajstić information content (AvgIpc) is 2.75. The third kappa shape index (κ3) is 2.61. The van der Waals surface area contributed by atoms with Gasteiger partial charge in [0.2, 0.25) is 0 Å². The molecule has 1 aliphatic heterocycles. The number of carbonyl (C=O) groups excluding carboxylic acids is 1. The number of hydrogen-bond acceptors (Lipinski definition) is 2. The third-order valence-corrected chi connectivity index (χ3v) is 3.15. The lowest BCUT2D eigenvalue weighted by Crippen LogP contribution is -2.42. The van der Waals surface area contributed by atoms with Crippen molar-refractivity contribution in [3.05, 3.63) is 23.0 Å². The summed E-state index contributed by atoms with van der Waals surface area (Å²) in [5.41, 5.74) is 0.404. The van der Waals surface area contributed by atoms with Crippen molar-refractivity contribution in [1.82, 2.24) is 9.88 Å². The molecule has 0 aromatic carbocycles. The van der Waals surface area contributed by atoms with E-state index < -0.39 is 11.9 Å². The lowest BCUT2D eigenvalue weighted by molar-refractivity contribution is -0.143. The van der Waals surface area contributed by atoms with Gasteiger partial charge in [-0.15, -0.1) is 0 Å². The van der Waals surface area contributed by atoms with E-state index in [1.54, 1.807) is 11.0 Å². The van der Waals surface area contributed by atoms with Gasteiger partial charge in [0.05, 0.1) is 10.9 Å². The van der Waals surface area contributed by atoms with E-state index >= 15 is 0 Å². The summed E-state index contributed by atoms with van der Waals surface area (Å²) in [5.74, 6) is -1.49. The molecule has 1 atom stereocenters. The highest BCUT2D eigenvalue weighted by atomic mass is 35.5. The Kier molecular flexibility index (Phi) is 3.38. The second-order valence-electron chi connectivity index (χ2n) is 4.16. The summed E-state index contributed by atoms with van der Waals surface area (Å²) in [6, 6.07) is 1.55. The third-order valence-electron chi connectivity index (χ3n) is 2.94. The Balaban J connectivity index is 2.07. The first-order chi connectivity index (χ1) is 8.08. The first-order valence-corrected chi connectivity index (χ1v) is 5.81. The lowest BCUT2D eigenvalue weighted by Gasteiger charge is -2.30. The van der Waals surface area contributed by atoms with Gasteiger partial charge < -0.3 is 15.0 Å². The molecule has 2 heterocycles. The van der Waals surface area contributed by atoms with Gasteiger partial charge in [0.25, 0.3) is 5.91 Å². The molecule has 1 aromatic heterocycles. The van der Waals surface area contributed by atoms with E-state index in [1.807, 2.05) is 0 Å². The number of aliphatic carboxylic acids is 1. The largest absolute Gasteiger partial charge is 0.481 e. The first kappa shape index (κ1) is 12.0. The maximum Gasteiger partial charge on any atom is 0.308 e. The van der Waals surface area contributed by atoms with E-state index in [0.29, 0.717) is 23.7 Å². The Morgan fingerprint density at radius 3 is 2.88 bits per heavy atom. The van der Waals surface area contributed by atoms with Crippen LogP contribution in [0, 0.1) is 5.92 Å². The molecular weight excluding hydrogens is 244 g/mol. The molecule has 0 saturated carbocycles. The number of hydrogen-bond donors (Lipinski definition) is 2. The maximum absolute atomic E-state index is 12.0. The number of carbonyl (C=O) groups is 2. The van der Waals surface area contributed by atoms with Gasteiger partial charge in [0.15, 0.2) is 0 Å². The summed E-state index contributed by atoms with van der Waals surface area (Å²) in [4.78, 5) is 27.3. The van der Waals surface area contributed by atoms with Gasteiger partial charge in [-0.3, -0.25) is 9.59 Å². The van der Waals surface area contributed by atoms with Crippen molar-refractivity contribution in [1.29, 1.82) is 0 Å². The Bertz CT molecular complexity index is 444. The number of aromatic amines is 1. The predicted molar refractivity (Wildman–Crippen MR) is 62.1 cm³/mol. The number of nitrogens with one attached hydrogen (secondary N) is 1. The minimum atomic E-state index is -0.841. The number of amides is 1. The molecule has 2 rings (SSSR count). The van der Waals surface area contributed by atoms with Crippen LogP contribution in [0.3, 0.4) is 0 Å². The summed E-state index contributed by atoms with van der Waals surface area (Å²) in [7, 11) is 0. The number of carboxylic acid groups (broad SMARTS) is 1. The number of aromatic nitrogens is 1. The van der Waals surface area contributed by atoms with Crippen LogP contribution < -0.4 is 0 Å². The molecule has 17 heavy (non-hydrogen) atoms. The number of piperidine rings is 1. The normalized spacial score (nSPS) is 20.3. The second kappa shape index (κ2) is 4.79. The van der Waals surface area contributed by atoms with Crippen molar-refractivity contribution in [2.24, 2.45) is 5.92 Å².